The van der Waals surface area contributed by atoms with Crippen molar-refractivity contribution < 1.29 is 97.3 Å². The molecule has 101 heavy (non-hydrogen) atoms. The van der Waals surface area contributed by atoms with E-state index in [-0.39, 0.29) is 86.7 Å². The average Bonchev–Trinajstić information content (AvgIpc) is 0.858. The third-order valence-corrected chi connectivity index (χ3v) is 15.6. The van der Waals surface area contributed by atoms with Crippen LogP contribution in [0.4, 0.5) is 4.79 Å². The van der Waals surface area contributed by atoms with Gasteiger partial charge in [0, 0.05) is 13.0 Å². The smallest absolute Gasteiger partial charge is 0.408 e. The number of carboxylic acid groups (broad SMARTS) is 1. The van der Waals surface area contributed by atoms with Crippen molar-refractivity contribution in [3.8, 4) is 5.75 Å². The Labute approximate surface area is 586 Å². The van der Waals surface area contributed by atoms with Crippen molar-refractivity contribution in [2.45, 2.75) is 206 Å². The van der Waals surface area contributed by atoms with E-state index in [0.29, 0.717) is 5.56 Å². The Kier molecular flexibility index (Phi) is 38.0. The molecule has 0 fully saturated rings. The normalized spacial score (nSPS) is 15.4. The summed E-state index contributed by atoms with van der Waals surface area (Å²) in [6, 6.07) is -1.78. The van der Waals surface area contributed by atoms with Gasteiger partial charge in [-0.05, 0) is 91.9 Å². The third kappa shape index (κ3) is 31.7. The highest BCUT2D eigenvalue weighted by atomic mass is 16.5. The monoisotopic (exact) mass is 1430 g/mol. The molecule has 0 saturated heterocycles. The first-order valence-electron chi connectivity index (χ1n) is 33.3. The summed E-state index contributed by atoms with van der Waals surface area (Å²) < 4.78 is 10.7. The molecule has 2 aromatic rings. The Morgan fingerprint density at radius 1 is 0.545 bits per heavy atom. The molecule has 2 rings (SSSR count). The number of hydrogen-bond donors (Lipinski definition) is 19. The number of aliphatic carboxylic acids is 1. The van der Waals surface area contributed by atoms with Crippen molar-refractivity contribution in [1.29, 1.82) is 0 Å². The van der Waals surface area contributed by atoms with Crippen LogP contribution in [0, 0.1) is 29.6 Å². The van der Waals surface area contributed by atoms with Crippen molar-refractivity contribution >= 4 is 83.1 Å². The van der Waals surface area contributed by atoms with E-state index in [1.165, 1.54) is 24.3 Å². The zero-order chi connectivity index (χ0) is 76.5. The Hall–Kier alpha value is -9.58. The number of nitrogens with one attached hydrogen (secondary N) is 10. The SMILES string of the molecule is CC[C@H](C)[C@H](NC(=O)[C@@H](CCCN=C(N)N)NC(=O)[C@H](CC(C)C)NC(=O)[C@@H](N)C(O)C(C)C)C(=O)N[C@H](C(=O)NCC(=O)NC(C(=O)NC(CO)C(=O)Oc1cccc(CC(NC(=O)[C@H](CC(C)C)NC(=O)[C@@H](CC(C)C)NC(=O)OCc2ccccc2)C(=O)O)c1)[C@H](O)C(N)=O)[C@H](C)O. The lowest BCUT2D eigenvalue weighted by atomic mass is 9.96. The number of aliphatic imine (C=N–C) groups is 1. The second-order valence-corrected chi connectivity index (χ2v) is 26.2. The highest BCUT2D eigenvalue weighted by Crippen LogP contribution is 2.19. The average molecular weight is 1430 g/mol. The van der Waals surface area contributed by atoms with Gasteiger partial charge in [-0.1, -0.05) is 118 Å². The molecular weight excluding hydrogens is 1320 g/mol. The molecule has 0 saturated carbocycles. The molecule has 4 unspecified atom stereocenters. The minimum Gasteiger partial charge on any atom is -0.480 e. The van der Waals surface area contributed by atoms with Gasteiger partial charge in [-0.3, -0.25) is 52.9 Å². The molecule has 0 bridgehead atoms. The van der Waals surface area contributed by atoms with Crippen molar-refractivity contribution in [1.82, 2.24) is 53.2 Å². The van der Waals surface area contributed by atoms with Crippen LogP contribution in [0.2, 0.25) is 0 Å². The molecule has 23 N–H and O–H groups in total. The minimum absolute atomic E-state index is 0.00857. The number of carbonyl (C=O) groups is 13. The first-order chi connectivity index (χ1) is 47.3. The Bertz CT molecular complexity index is 3130. The lowest BCUT2D eigenvalue weighted by molar-refractivity contribution is -0.143. The first kappa shape index (κ1) is 87.5. The van der Waals surface area contributed by atoms with Gasteiger partial charge in [0.1, 0.15) is 66.7 Å². The number of guanidine groups is 1. The Balaban J connectivity index is 2.26. The van der Waals surface area contributed by atoms with Gasteiger partial charge in [0.2, 0.25) is 59.1 Å². The van der Waals surface area contributed by atoms with Gasteiger partial charge < -0.3 is 111 Å². The van der Waals surface area contributed by atoms with E-state index in [1.54, 1.807) is 85.7 Å². The highest BCUT2D eigenvalue weighted by Gasteiger charge is 2.39. The van der Waals surface area contributed by atoms with Crippen LogP contribution < -0.4 is 80.8 Å². The quantitative estimate of drug-likeness (QED) is 0.00998. The topological polar surface area (TPSA) is 578 Å². The standard InChI is InChI=1S/C66H105N15O20/c1-12-36(10)49(80-55(88)41(22-17-23-71-65(69)70)73-56(89)43(25-33(4)5)75-59(92)48(67)52(85)35(8)9)61(94)81-50(37(11)83)60(93)72-29-47(84)79-51(53(86)54(68)87)62(95)77-46(30-82)64(98)101-40-21-16-20-39(27-40)28-45(63(96)97)76-57(90)42(24-32(2)3)74-58(91)44(26-34(6)7)78-66(99)100-31-38-18-14-13-15-19-38/h13-16,18-21,27,32-37,41-46,48-53,82-83,85-86H,12,17,22-26,28-31,67H2,1-11H3,(H2,68,87)(H,72,93)(H,73,89)(H,74,91)(H,75,92)(H,76,90)(H,77,95)(H,78,99)(H,79,84)(H,80,88)(H,81,94)(H,96,97)(H4,69,70,71)/t36-,37-,41+,42-,43-,44+,45?,46?,48-,49-,50-,51?,52?,53-/m0/s1. The largest absolute Gasteiger partial charge is 0.480 e. The molecular formula is C66H105N15O20. The zero-order valence-electron chi connectivity index (χ0n) is 59.0. The molecule has 14 atom stereocenters. The second kappa shape index (κ2) is 43.8. The summed E-state index contributed by atoms with van der Waals surface area (Å²) in [5.74, 6) is -15.8. The molecule has 0 aliphatic heterocycles. The number of benzene rings is 2. The summed E-state index contributed by atoms with van der Waals surface area (Å²) in [6.07, 6.45) is -6.28. The van der Waals surface area contributed by atoms with E-state index >= 15 is 0 Å². The van der Waals surface area contributed by atoms with E-state index in [4.69, 9.17) is 32.4 Å². The maximum Gasteiger partial charge on any atom is 0.408 e. The molecule has 0 radical (unpaired) electrons. The third-order valence-electron chi connectivity index (χ3n) is 15.6. The molecule has 564 valence electrons. The number of amides is 11. The Morgan fingerprint density at radius 3 is 1.54 bits per heavy atom. The summed E-state index contributed by atoms with van der Waals surface area (Å²) >= 11 is 0. The second-order valence-electron chi connectivity index (χ2n) is 26.2. The molecule has 35 nitrogen and oxygen atoms in total. The number of rotatable bonds is 44. The Morgan fingerprint density at radius 2 is 1.04 bits per heavy atom. The van der Waals surface area contributed by atoms with Crippen molar-refractivity contribution in [2.24, 2.45) is 57.5 Å². The number of alkyl carbamates (subject to hydrolysis) is 1. The molecule has 35 heteroatoms. The molecule has 0 heterocycles. The number of carboxylic acids is 1. The van der Waals surface area contributed by atoms with Crippen LogP contribution in [-0.2, 0) is 75.3 Å². The molecule has 0 aliphatic rings. The van der Waals surface area contributed by atoms with Crippen LogP contribution in [0.3, 0.4) is 0 Å². The van der Waals surface area contributed by atoms with Crippen molar-refractivity contribution in [2.75, 3.05) is 19.7 Å². The maximum atomic E-state index is 14.2. The van der Waals surface area contributed by atoms with Gasteiger partial charge in [0.15, 0.2) is 18.1 Å². The fourth-order valence-corrected chi connectivity index (χ4v) is 9.80. The number of carbonyl (C=O) groups excluding carboxylic acids is 12. The van der Waals surface area contributed by atoms with Crippen LogP contribution >= 0.6 is 0 Å². The van der Waals surface area contributed by atoms with E-state index < -0.39 is 187 Å². The minimum atomic E-state index is -2.53. The van der Waals surface area contributed by atoms with Crippen LogP contribution in [0.5, 0.6) is 5.75 Å². The number of hydrogen-bond acceptors (Lipinski definition) is 21. The number of aliphatic hydroxyl groups excluding tert-OH is 4. The van der Waals surface area contributed by atoms with Gasteiger partial charge >= 0.3 is 18.0 Å². The van der Waals surface area contributed by atoms with Gasteiger partial charge in [0.05, 0.1) is 25.4 Å². The number of ether oxygens (including phenoxy) is 2. The summed E-state index contributed by atoms with van der Waals surface area (Å²) in [4.78, 5) is 179. The number of nitrogens with two attached hydrogens (primary N) is 4. The van der Waals surface area contributed by atoms with Gasteiger partial charge in [-0.2, -0.15) is 0 Å². The molecule has 0 spiro atoms. The highest BCUT2D eigenvalue weighted by molar-refractivity contribution is 5.99. The summed E-state index contributed by atoms with van der Waals surface area (Å²) in [5.41, 5.74) is 23.1. The van der Waals surface area contributed by atoms with Crippen LogP contribution in [0.1, 0.15) is 126 Å². The fourth-order valence-electron chi connectivity index (χ4n) is 9.80. The lowest BCUT2D eigenvalue weighted by Gasteiger charge is -2.30. The molecule has 0 aromatic heterocycles. The fraction of sp³-hybridized carbons (Fsp3) is 0.606. The molecule has 11 amide bonds. The number of primary amides is 1. The van der Waals surface area contributed by atoms with Crippen LogP contribution in [0.25, 0.3) is 0 Å². The maximum absolute atomic E-state index is 14.2. The van der Waals surface area contributed by atoms with Gasteiger partial charge in [-0.15, -0.1) is 0 Å². The summed E-state index contributed by atoms with van der Waals surface area (Å²) in [5, 5.41) is 76.3. The van der Waals surface area contributed by atoms with E-state index in [9.17, 15) is 87.9 Å². The predicted molar refractivity (Wildman–Crippen MR) is 366 cm³/mol. The predicted octanol–water partition coefficient (Wildman–Crippen LogP) is -3.69. The van der Waals surface area contributed by atoms with Gasteiger partial charge in [0.25, 0.3) is 0 Å². The van der Waals surface area contributed by atoms with E-state index in [0.717, 1.165) is 6.92 Å². The molecule has 0 aliphatic carbocycles. The summed E-state index contributed by atoms with van der Waals surface area (Å²) in [7, 11) is 0. The van der Waals surface area contributed by atoms with Crippen molar-refractivity contribution in [3.63, 3.8) is 0 Å². The lowest BCUT2D eigenvalue weighted by Crippen LogP contribution is -2.62. The summed E-state index contributed by atoms with van der Waals surface area (Å²) in [6.45, 7) is 16.0. The van der Waals surface area contributed by atoms with E-state index in [2.05, 4.69) is 47.5 Å². The van der Waals surface area contributed by atoms with Crippen molar-refractivity contribution in [3.05, 3.63) is 65.7 Å². The first-order valence-corrected chi connectivity index (χ1v) is 33.3. The number of aliphatic hydroxyl groups is 4. The van der Waals surface area contributed by atoms with Crippen LogP contribution in [0.15, 0.2) is 59.6 Å². The van der Waals surface area contributed by atoms with Gasteiger partial charge in [-0.25, -0.2) is 14.4 Å². The molecule has 2 aromatic carbocycles. The number of esters is 1. The van der Waals surface area contributed by atoms with E-state index in [1.807, 2.05) is 24.5 Å². The van der Waals surface area contributed by atoms with Crippen LogP contribution in [-0.4, -0.2) is 207 Å². The zero-order valence-corrected chi connectivity index (χ0v) is 59.0. The number of nitrogens with zero attached hydrogens (tertiary/aromatic N) is 1.